The fourth-order valence-electron chi connectivity index (χ4n) is 3.68. The van der Waals surface area contributed by atoms with E-state index in [0.717, 1.165) is 12.1 Å². The van der Waals surface area contributed by atoms with Crippen LogP contribution in [0.25, 0.3) is 11.0 Å². The highest BCUT2D eigenvalue weighted by atomic mass is 19.2. The lowest BCUT2D eigenvalue weighted by Gasteiger charge is -2.34. The molecule has 2 aliphatic heterocycles. The molecule has 1 amide bonds. The van der Waals surface area contributed by atoms with Gasteiger partial charge in [0.15, 0.2) is 17.9 Å². The van der Waals surface area contributed by atoms with E-state index < -0.39 is 24.0 Å². The summed E-state index contributed by atoms with van der Waals surface area (Å²) in [6.45, 7) is 1.38. The first-order valence-electron chi connectivity index (χ1n) is 9.54. The van der Waals surface area contributed by atoms with E-state index in [2.05, 4.69) is 25.8 Å². The molecule has 4 N–H and O–H groups in total. The number of benzene rings is 2. The SMILES string of the molecule is CN1CC(OC(=O)Nc2nc3ccc(C4=NNC(O)c5cc(F)c(F)cc54)cc3[nH]2)C1. The van der Waals surface area contributed by atoms with Gasteiger partial charge in [0.05, 0.1) is 16.7 Å². The Morgan fingerprint density at radius 2 is 2.03 bits per heavy atom. The number of nitrogens with one attached hydrogen (secondary N) is 3. The van der Waals surface area contributed by atoms with Crippen LogP contribution >= 0.6 is 0 Å². The van der Waals surface area contributed by atoms with Crippen molar-refractivity contribution in [2.24, 2.45) is 5.10 Å². The summed E-state index contributed by atoms with van der Waals surface area (Å²) in [5.41, 5.74) is 5.04. The van der Waals surface area contributed by atoms with Crippen molar-refractivity contribution in [3.63, 3.8) is 0 Å². The van der Waals surface area contributed by atoms with Crippen molar-refractivity contribution in [1.29, 1.82) is 0 Å². The van der Waals surface area contributed by atoms with Crippen molar-refractivity contribution in [3.05, 3.63) is 58.7 Å². The lowest BCUT2D eigenvalue weighted by atomic mass is 9.95. The number of carbonyl (C=O) groups is 1. The molecule has 1 aromatic heterocycles. The molecule has 0 spiro atoms. The van der Waals surface area contributed by atoms with Gasteiger partial charge in [-0.05, 0) is 31.3 Å². The van der Waals surface area contributed by atoms with E-state index in [1.54, 1.807) is 18.2 Å². The number of H-pyrrole nitrogens is 1. The lowest BCUT2D eigenvalue weighted by molar-refractivity contribution is 0.00677. The van der Waals surface area contributed by atoms with E-state index in [9.17, 15) is 18.7 Å². The van der Waals surface area contributed by atoms with Gasteiger partial charge in [-0.2, -0.15) is 5.10 Å². The number of hydrogen-bond donors (Lipinski definition) is 4. The summed E-state index contributed by atoms with van der Waals surface area (Å²) in [6, 6.07) is 7.07. The van der Waals surface area contributed by atoms with Gasteiger partial charge in [-0.3, -0.25) is 15.6 Å². The molecule has 1 unspecified atom stereocenters. The number of aliphatic hydroxyl groups is 1. The molecular formula is C20H18F2N6O3. The summed E-state index contributed by atoms with van der Waals surface area (Å²) in [5, 5.41) is 16.7. The molecule has 0 saturated carbocycles. The Balaban J connectivity index is 1.41. The zero-order chi connectivity index (χ0) is 21.7. The first-order chi connectivity index (χ1) is 14.9. The number of hydrazone groups is 1. The Bertz CT molecular complexity index is 1220. The molecule has 1 saturated heterocycles. The van der Waals surface area contributed by atoms with Crippen LogP contribution in [0.15, 0.2) is 35.4 Å². The molecule has 31 heavy (non-hydrogen) atoms. The van der Waals surface area contributed by atoms with Crippen LogP contribution in [-0.2, 0) is 4.74 Å². The molecule has 3 heterocycles. The summed E-state index contributed by atoms with van der Waals surface area (Å²) < 4.78 is 32.8. The highest BCUT2D eigenvalue weighted by molar-refractivity contribution is 6.15. The van der Waals surface area contributed by atoms with Gasteiger partial charge < -0.3 is 14.8 Å². The number of anilines is 1. The second-order valence-electron chi connectivity index (χ2n) is 7.54. The fourth-order valence-corrected chi connectivity index (χ4v) is 3.68. The Kier molecular flexibility index (Phi) is 4.56. The fraction of sp³-hybridized carbons (Fsp3) is 0.250. The number of aromatic amines is 1. The van der Waals surface area contributed by atoms with Gasteiger partial charge in [0.25, 0.3) is 0 Å². The van der Waals surface area contributed by atoms with Crippen LogP contribution in [0.2, 0.25) is 0 Å². The number of aromatic nitrogens is 2. The van der Waals surface area contributed by atoms with Crippen molar-refractivity contribution >= 4 is 28.8 Å². The number of halogens is 2. The van der Waals surface area contributed by atoms with E-state index >= 15 is 0 Å². The lowest BCUT2D eigenvalue weighted by Crippen LogP contribution is -2.50. The van der Waals surface area contributed by atoms with E-state index in [0.29, 0.717) is 35.4 Å². The third-order valence-corrected chi connectivity index (χ3v) is 5.22. The van der Waals surface area contributed by atoms with Gasteiger partial charge in [0, 0.05) is 29.8 Å². The number of amides is 1. The number of rotatable bonds is 3. The summed E-state index contributed by atoms with van der Waals surface area (Å²) in [5.74, 6) is -1.87. The highest BCUT2D eigenvalue weighted by Gasteiger charge is 2.27. The Hall–Kier alpha value is -3.57. The van der Waals surface area contributed by atoms with Crippen LogP contribution in [0.1, 0.15) is 22.9 Å². The van der Waals surface area contributed by atoms with E-state index in [1.807, 2.05) is 11.9 Å². The first kappa shape index (κ1) is 19.4. The van der Waals surface area contributed by atoms with Crippen molar-refractivity contribution in [1.82, 2.24) is 20.3 Å². The van der Waals surface area contributed by atoms with Crippen LogP contribution in [0, 0.1) is 11.6 Å². The standard InChI is InChI=1S/C20H18F2N6O3/c1-28-7-10(8-28)31-20(30)25-19-23-15-3-2-9(4-16(15)24-19)17-11-5-13(21)14(22)6-12(11)18(29)27-26-17/h2-6,10,18,27,29H,7-8H2,1H3,(H2,23,24,25,30). The third kappa shape index (κ3) is 3.57. The second kappa shape index (κ2) is 7.29. The van der Waals surface area contributed by atoms with Gasteiger partial charge in [0.2, 0.25) is 5.95 Å². The van der Waals surface area contributed by atoms with Crippen LogP contribution in [0.5, 0.6) is 0 Å². The number of nitrogens with zero attached hydrogens (tertiary/aromatic N) is 3. The van der Waals surface area contributed by atoms with Crippen LogP contribution in [0.3, 0.4) is 0 Å². The molecule has 1 fully saturated rings. The molecule has 5 rings (SSSR count). The third-order valence-electron chi connectivity index (χ3n) is 5.22. The minimum absolute atomic E-state index is 0.140. The monoisotopic (exact) mass is 428 g/mol. The summed E-state index contributed by atoms with van der Waals surface area (Å²) >= 11 is 0. The van der Waals surface area contributed by atoms with Gasteiger partial charge in [-0.25, -0.2) is 18.6 Å². The van der Waals surface area contributed by atoms with Crippen LogP contribution in [0.4, 0.5) is 19.5 Å². The van der Waals surface area contributed by atoms with Crippen molar-refractivity contribution in [2.75, 3.05) is 25.5 Å². The average Bonchev–Trinajstić information content (AvgIpc) is 3.10. The molecule has 11 heteroatoms. The minimum Gasteiger partial charge on any atom is -0.443 e. The molecule has 2 aromatic carbocycles. The molecule has 3 aromatic rings. The molecule has 0 radical (unpaired) electrons. The number of ether oxygens (including phenoxy) is 1. The van der Waals surface area contributed by atoms with E-state index in [4.69, 9.17) is 4.74 Å². The van der Waals surface area contributed by atoms with Crippen LogP contribution < -0.4 is 10.7 Å². The van der Waals surface area contributed by atoms with Crippen LogP contribution in [-0.4, -0.2) is 58.0 Å². The number of imidazole rings is 1. The maximum atomic E-state index is 13.8. The maximum Gasteiger partial charge on any atom is 0.414 e. The summed E-state index contributed by atoms with van der Waals surface area (Å²) in [4.78, 5) is 21.3. The Labute approximate surface area is 174 Å². The van der Waals surface area contributed by atoms with Crippen molar-refractivity contribution < 1.29 is 23.4 Å². The maximum absolute atomic E-state index is 13.8. The molecule has 2 aliphatic rings. The highest BCUT2D eigenvalue weighted by Crippen LogP contribution is 2.28. The predicted molar refractivity (Wildman–Crippen MR) is 108 cm³/mol. The molecule has 160 valence electrons. The Morgan fingerprint density at radius 1 is 1.26 bits per heavy atom. The number of carbonyl (C=O) groups excluding carboxylic acids is 1. The van der Waals surface area contributed by atoms with Crippen molar-refractivity contribution in [3.8, 4) is 0 Å². The molecule has 0 bridgehead atoms. The minimum atomic E-state index is -1.25. The number of fused-ring (bicyclic) bond motifs is 2. The Morgan fingerprint density at radius 3 is 2.81 bits per heavy atom. The van der Waals surface area contributed by atoms with Gasteiger partial charge >= 0.3 is 6.09 Å². The second-order valence-corrected chi connectivity index (χ2v) is 7.54. The number of aliphatic hydroxyl groups excluding tert-OH is 1. The van der Waals surface area contributed by atoms with Gasteiger partial charge in [-0.15, -0.1) is 0 Å². The van der Waals surface area contributed by atoms with Crippen molar-refractivity contribution in [2.45, 2.75) is 12.3 Å². The molecular weight excluding hydrogens is 410 g/mol. The first-order valence-corrected chi connectivity index (χ1v) is 9.54. The quantitative estimate of drug-likeness (QED) is 0.508. The molecule has 0 aliphatic carbocycles. The smallest absolute Gasteiger partial charge is 0.414 e. The van der Waals surface area contributed by atoms with E-state index in [1.165, 1.54) is 0 Å². The largest absolute Gasteiger partial charge is 0.443 e. The number of likely N-dealkylation sites (tertiary alicyclic amines) is 1. The molecule has 1 atom stereocenters. The number of likely N-dealkylation sites (N-methyl/N-ethyl adjacent to an activating group) is 1. The average molecular weight is 428 g/mol. The normalized spacial score (nSPS) is 18.7. The molecule has 9 nitrogen and oxygen atoms in total. The zero-order valence-electron chi connectivity index (χ0n) is 16.3. The number of hydrogen-bond acceptors (Lipinski definition) is 7. The van der Waals surface area contributed by atoms with Gasteiger partial charge in [0.1, 0.15) is 6.10 Å². The topological polar surface area (TPSA) is 115 Å². The summed E-state index contributed by atoms with van der Waals surface area (Å²) in [6.07, 6.45) is -1.99. The zero-order valence-corrected chi connectivity index (χ0v) is 16.3. The van der Waals surface area contributed by atoms with E-state index in [-0.39, 0.29) is 23.2 Å². The van der Waals surface area contributed by atoms with Gasteiger partial charge in [-0.1, -0.05) is 6.07 Å². The summed E-state index contributed by atoms with van der Waals surface area (Å²) in [7, 11) is 1.94. The predicted octanol–water partition coefficient (Wildman–Crippen LogP) is 2.05.